The Morgan fingerprint density at radius 3 is 2.25 bits per heavy atom. The second-order valence-electron chi connectivity index (χ2n) is 3.84. The predicted octanol–water partition coefficient (Wildman–Crippen LogP) is 2.68. The third kappa shape index (κ3) is 2.67. The summed E-state index contributed by atoms with van der Waals surface area (Å²) in [6.07, 6.45) is 0. The molecule has 0 saturated heterocycles. The van der Waals surface area contributed by atoms with Gasteiger partial charge >= 0.3 is 0 Å². The highest BCUT2D eigenvalue weighted by Gasteiger charge is 2.12. The number of benzene rings is 1. The summed E-state index contributed by atoms with van der Waals surface area (Å²) < 4.78 is 10.6. The highest BCUT2D eigenvalue weighted by Crippen LogP contribution is 2.32. The maximum Gasteiger partial charge on any atom is 0.161 e. The smallest absolute Gasteiger partial charge is 0.161 e. The van der Waals surface area contributed by atoms with E-state index in [9.17, 15) is 0 Å². The Bertz CT molecular complexity index is 350. The largest absolute Gasteiger partial charge is 0.493 e. The fourth-order valence-electron chi connectivity index (χ4n) is 1.88. The van der Waals surface area contributed by atoms with Crippen LogP contribution in [0.25, 0.3) is 0 Å². The molecule has 3 nitrogen and oxygen atoms in total. The SMILES string of the molecule is CCNC(C)c1cc(OC)c(OC)cc1C. The van der Waals surface area contributed by atoms with Crippen molar-refractivity contribution in [3.8, 4) is 11.5 Å². The van der Waals surface area contributed by atoms with Crippen LogP contribution in [0.5, 0.6) is 11.5 Å². The van der Waals surface area contributed by atoms with Crippen molar-refractivity contribution in [3.05, 3.63) is 23.3 Å². The molecule has 1 aromatic rings. The van der Waals surface area contributed by atoms with Crippen LogP contribution in [-0.4, -0.2) is 20.8 Å². The summed E-state index contributed by atoms with van der Waals surface area (Å²) in [6, 6.07) is 4.38. The molecule has 1 aromatic carbocycles. The molecule has 0 fully saturated rings. The zero-order valence-electron chi connectivity index (χ0n) is 10.8. The molecule has 0 aromatic heterocycles. The van der Waals surface area contributed by atoms with Crippen molar-refractivity contribution < 1.29 is 9.47 Å². The predicted molar refractivity (Wildman–Crippen MR) is 66.4 cm³/mol. The third-order valence-corrected chi connectivity index (χ3v) is 2.75. The second-order valence-corrected chi connectivity index (χ2v) is 3.84. The molecule has 0 saturated carbocycles. The monoisotopic (exact) mass is 223 g/mol. The Hall–Kier alpha value is -1.22. The van der Waals surface area contributed by atoms with E-state index >= 15 is 0 Å². The Morgan fingerprint density at radius 1 is 1.19 bits per heavy atom. The molecule has 0 heterocycles. The average Bonchev–Trinajstić information content (AvgIpc) is 2.28. The number of nitrogens with one attached hydrogen (secondary N) is 1. The van der Waals surface area contributed by atoms with Gasteiger partial charge in [0, 0.05) is 6.04 Å². The molecule has 1 atom stereocenters. The van der Waals surface area contributed by atoms with E-state index in [1.54, 1.807) is 14.2 Å². The van der Waals surface area contributed by atoms with Crippen molar-refractivity contribution in [2.75, 3.05) is 20.8 Å². The molecule has 16 heavy (non-hydrogen) atoms. The van der Waals surface area contributed by atoms with Crippen molar-refractivity contribution >= 4 is 0 Å². The molecule has 3 heteroatoms. The maximum atomic E-state index is 5.31. The summed E-state index contributed by atoms with van der Waals surface area (Å²) in [5, 5.41) is 3.40. The van der Waals surface area contributed by atoms with Gasteiger partial charge in [0.25, 0.3) is 0 Å². The van der Waals surface area contributed by atoms with Crippen LogP contribution >= 0.6 is 0 Å². The van der Waals surface area contributed by atoms with Gasteiger partial charge in [0.1, 0.15) is 0 Å². The molecule has 0 radical (unpaired) electrons. The van der Waals surface area contributed by atoms with Gasteiger partial charge in [0.05, 0.1) is 14.2 Å². The number of hydrogen-bond donors (Lipinski definition) is 1. The summed E-state index contributed by atoms with van der Waals surface area (Å²) in [7, 11) is 3.32. The normalized spacial score (nSPS) is 12.3. The summed E-state index contributed by atoms with van der Waals surface area (Å²) in [6.45, 7) is 7.30. The lowest BCUT2D eigenvalue weighted by Crippen LogP contribution is -2.18. The van der Waals surface area contributed by atoms with Gasteiger partial charge in [0.15, 0.2) is 11.5 Å². The van der Waals surface area contributed by atoms with Crippen LogP contribution < -0.4 is 14.8 Å². The molecule has 1 unspecified atom stereocenters. The summed E-state index contributed by atoms with van der Waals surface area (Å²) >= 11 is 0. The Morgan fingerprint density at radius 2 is 1.75 bits per heavy atom. The van der Waals surface area contributed by atoms with Crippen molar-refractivity contribution in [3.63, 3.8) is 0 Å². The minimum absolute atomic E-state index is 0.324. The first-order valence-electron chi connectivity index (χ1n) is 5.59. The van der Waals surface area contributed by atoms with Crippen LogP contribution in [0.4, 0.5) is 0 Å². The van der Waals surface area contributed by atoms with Gasteiger partial charge in [-0.15, -0.1) is 0 Å². The van der Waals surface area contributed by atoms with E-state index in [0.29, 0.717) is 6.04 Å². The van der Waals surface area contributed by atoms with Crippen molar-refractivity contribution in [2.24, 2.45) is 0 Å². The minimum atomic E-state index is 0.324. The molecule has 1 rings (SSSR count). The van der Waals surface area contributed by atoms with Crippen LogP contribution in [0.3, 0.4) is 0 Å². The lowest BCUT2D eigenvalue weighted by atomic mass is 10.0. The fraction of sp³-hybridized carbons (Fsp3) is 0.538. The maximum absolute atomic E-state index is 5.31. The fourth-order valence-corrected chi connectivity index (χ4v) is 1.88. The van der Waals surface area contributed by atoms with Crippen LogP contribution in [0.2, 0.25) is 0 Å². The summed E-state index contributed by atoms with van der Waals surface area (Å²) in [5.74, 6) is 1.57. The Kier molecular flexibility index (Phi) is 4.62. The number of ether oxygens (including phenoxy) is 2. The molecule has 1 N–H and O–H groups in total. The van der Waals surface area contributed by atoms with E-state index in [1.807, 2.05) is 12.1 Å². The van der Waals surface area contributed by atoms with Gasteiger partial charge in [-0.25, -0.2) is 0 Å². The van der Waals surface area contributed by atoms with E-state index in [2.05, 4.69) is 26.1 Å². The van der Waals surface area contributed by atoms with Gasteiger partial charge < -0.3 is 14.8 Å². The first kappa shape index (κ1) is 12.8. The van der Waals surface area contributed by atoms with E-state index in [0.717, 1.165) is 18.0 Å². The molecular formula is C13H21NO2. The molecule has 0 aliphatic heterocycles. The van der Waals surface area contributed by atoms with Crippen molar-refractivity contribution in [1.82, 2.24) is 5.32 Å². The van der Waals surface area contributed by atoms with Crippen molar-refractivity contribution in [1.29, 1.82) is 0 Å². The van der Waals surface area contributed by atoms with Gasteiger partial charge in [-0.2, -0.15) is 0 Å². The zero-order chi connectivity index (χ0) is 12.1. The molecule has 90 valence electrons. The third-order valence-electron chi connectivity index (χ3n) is 2.75. The molecule has 0 amide bonds. The standard InChI is InChI=1S/C13H21NO2/c1-6-14-10(3)11-8-13(16-5)12(15-4)7-9(11)2/h7-8,10,14H,6H2,1-5H3. The Balaban J connectivity index is 3.10. The van der Waals surface area contributed by atoms with Gasteiger partial charge in [-0.05, 0) is 43.7 Å². The highest BCUT2D eigenvalue weighted by molar-refractivity contribution is 5.47. The van der Waals surface area contributed by atoms with E-state index in [4.69, 9.17) is 9.47 Å². The van der Waals surface area contributed by atoms with Gasteiger partial charge in [0.2, 0.25) is 0 Å². The van der Waals surface area contributed by atoms with Crippen molar-refractivity contribution in [2.45, 2.75) is 26.8 Å². The first-order valence-corrected chi connectivity index (χ1v) is 5.59. The summed E-state index contributed by atoms with van der Waals surface area (Å²) in [4.78, 5) is 0. The second kappa shape index (κ2) is 5.75. The van der Waals surface area contributed by atoms with E-state index in [-0.39, 0.29) is 0 Å². The Labute approximate surface area is 97.8 Å². The zero-order valence-corrected chi connectivity index (χ0v) is 10.8. The van der Waals surface area contributed by atoms with Crippen LogP contribution in [0.15, 0.2) is 12.1 Å². The molecule has 0 aliphatic rings. The molecular weight excluding hydrogens is 202 g/mol. The topological polar surface area (TPSA) is 30.5 Å². The summed E-state index contributed by atoms with van der Waals surface area (Å²) in [5.41, 5.74) is 2.46. The minimum Gasteiger partial charge on any atom is -0.493 e. The van der Waals surface area contributed by atoms with Crippen LogP contribution in [0.1, 0.15) is 31.0 Å². The van der Waals surface area contributed by atoms with E-state index in [1.165, 1.54) is 11.1 Å². The first-order chi connectivity index (χ1) is 7.63. The number of methoxy groups -OCH3 is 2. The van der Waals surface area contributed by atoms with Gasteiger partial charge in [-0.1, -0.05) is 6.92 Å². The number of rotatable bonds is 5. The average molecular weight is 223 g/mol. The number of hydrogen-bond acceptors (Lipinski definition) is 3. The molecule has 0 aliphatic carbocycles. The van der Waals surface area contributed by atoms with Crippen LogP contribution in [-0.2, 0) is 0 Å². The highest BCUT2D eigenvalue weighted by atomic mass is 16.5. The molecule has 0 bridgehead atoms. The van der Waals surface area contributed by atoms with Crippen LogP contribution in [0, 0.1) is 6.92 Å². The molecule has 0 spiro atoms. The lowest BCUT2D eigenvalue weighted by molar-refractivity contribution is 0.353. The number of aryl methyl sites for hydroxylation is 1. The quantitative estimate of drug-likeness (QED) is 0.832. The van der Waals surface area contributed by atoms with Gasteiger partial charge in [-0.3, -0.25) is 0 Å². The van der Waals surface area contributed by atoms with E-state index < -0.39 is 0 Å². The lowest BCUT2D eigenvalue weighted by Gasteiger charge is -2.18.